The van der Waals surface area contributed by atoms with Crippen molar-refractivity contribution in [3.8, 4) is 11.4 Å². The number of nitrogens with zero attached hydrogens (tertiary/aromatic N) is 4. The van der Waals surface area contributed by atoms with Crippen LogP contribution >= 0.6 is 0 Å². The van der Waals surface area contributed by atoms with Gasteiger partial charge in [-0.05, 0) is 52.9 Å². The fourth-order valence-corrected chi connectivity index (χ4v) is 3.15. The average Bonchev–Trinajstić information content (AvgIpc) is 3.40. The van der Waals surface area contributed by atoms with Crippen LogP contribution in [-0.2, 0) is 4.79 Å². The number of hydrogen-bond acceptors (Lipinski definition) is 6. The molecule has 3 aromatic carbocycles. The molecule has 2 aromatic heterocycles. The zero-order valence-electron chi connectivity index (χ0n) is 15.1. The minimum absolute atomic E-state index is 0.115. The number of rotatable bonds is 5. The van der Waals surface area contributed by atoms with Crippen molar-refractivity contribution in [3.63, 3.8) is 0 Å². The van der Waals surface area contributed by atoms with Crippen LogP contribution in [0.15, 0.2) is 77.5 Å². The van der Waals surface area contributed by atoms with Gasteiger partial charge < -0.3 is 14.5 Å². The van der Waals surface area contributed by atoms with E-state index in [1.807, 2.05) is 48.5 Å². The van der Waals surface area contributed by atoms with Gasteiger partial charge >= 0.3 is 0 Å². The normalized spacial score (nSPS) is 11.0. The van der Waals surface area contributed by atoms with Crippen LogP contribution in [0.1, 0.15) is 0 Å². The number of para-hydroxylation sites is 1. The van der Waals surface area contributed by atoms with Crippen LogP contribution in [0, 0.1) is 0 Å². The number of carbonyl (C=O) groups is 1. The van der Waals surface area contributed by atoms with Gasteiger partial charge in [0.15, 0.2) is 6.61 Å². The lowest BCUT2D eigenvalue weighted by atomic mass is 10.1. The molecule has 2 heterocycles. The molecule has 0 radical (unpaired) electrons. The number of aromatic nitrogens is 4. The van der Waals surface area contributed by atoms with Gasteiger partial charge in [0, 0.05) is 16.5 Å². The summed E-state index contributed by atoms with van der Waals surface area (Å²) >= 11 is 0. The number of furan rings is 1. The molecule has 5 aromatic rings. The number of carbonyl (C=O) groups excluding carboxylic acids is 1. The Balaban J connectivity index is 1.28. The van der Waals surface area contributed by atoms with Crippen LogP contribution in [0.3, 0.4) is 0 Å². The van der Waals surface area contributed by atoms with Crippen LogP contribution < -0.4 is 10.1 Å². The lowest BCUT2D eigenvalue weighted by Crippen LogP contribution is -2.20. The fourth-order valence-electron chi connectivity index (χ4n) is 3.15. The van der Waals surface area contributed by atoms with Gasteiger partial charge in [-0.3, -0.25) is 4.79 Å². The summed E-state index contributed by atoms with van der Waals surface area (Å²) in [5.74, 6) is 0.331. The van der Waals surface area contributed by atoms with Crippen molar-refractivity contribution in [2.24, 2.45) is 0 Å². The summed E-state index contributed by atoms with van der Waals surface area (Å²) in [6.07, 6.45) is 1.49. The molecule has 8 heteroatoms. The smallest absolute Gasteiger partial charge is 0.262 e. The van der Waals surface area contributed by atoms with E-state index in [2.05, 4.69) is 20.8 Å². The Hall–Kier alpha value is -4.20. The molecule has 0 aliphatic rings. The van der Waals surface area contributed by atoms with Crippen LogP contribution in [0.4, 0.5) is 5.69 Å². The molecule has 5 rings (SSSR count). The molecule has 0 saturated heterocycles. The van der Waals surface area contributed by atoms with E-state index in [0.717, 1.165) is 27.6 Å². The highest BCUT2D eigenvalue weighted by Crippen LogP contribution is 2.31. The van der Waals surface area contributed by atoms with Crippen LogP contribution in [0.25, 0.3) is 27.6 Å². The van der Waals surface area contributed by atoms with E-state index in [9.17, 15) is 4.79 Å². The van der Waals surface area contributed by atoms with Gasteiger partial charge in [0.25, 0.3) is 5.91 Å². The largest absolute Gasteiger partial charge is 0.484 e. The van der Waals surface area contributed by atoms with Gasteiger partial charge in [0.2, 0.25) is 0 Å². The van der Waals surface area contributed by atoms with E-state index >= 15 is 0 Å². The second kappa shape index (κ2) is 7.08. The van der Waals surface area contributed by atoms with Crippen LogP contribution in [0.5, 0.6) is 5.75 Å². The van der Waals surface area contributed by atoms with Gasteiger partial charge in [-0.25, -0.2) is 4.68 Å². The molecule has 142 valence electrons. The number of benzene rings is 3. The van der Waals surface area contributed by atoms with Gasteiger partial charge in [-0.1, -0.05) is 24.3 Å². The third-order valence-electron chi connectivity index (χ3n) is 4.46. The lowest BCUT2D eigenvalue weighted by Gasteiger charge is -2.09. The quantitative estimate of drug-likeness (QED) is 0.497. The maximum atomic E-state index is 12.3. The number of nitrogens with one attached hydrogen (secondary N) is 1. The first-order valence-corrected chi connectivity index (χ1v) is 8.94. The predicted octanol–water partition coefficient (Wildman–Crippen LogP) is 3.58. The number of ether oxygens (including phenoxy) is 1. The monoisotopic (exact) mass is 385 g/mol. The zero-order chi connectivity index (χ0) is 19.6. The molecule has 0 aliphatic carbocycles. The van der Waals surface area contributed by atoms with Crippen molar-refractivity contribution in [3.05, 3.63) is 73.1 Å². The summed E-state index contributed by atoms with van der Waals surface area (Å²) in [5.41, 5.74) is 2.97. The minimum atomic E-state index is -0.268. The summed E-state index contributed by atoms with van der Waals surface area (Å²) in [5, 5.41) is 15.8. The number of amides is 1. The first-order chi connectivity index (χ1) is 14.3. The lowest BCUT2D eigenvalue weighted by molar-refractivity contribution is -0.118. The summed E-state index contributed by atoms with van der Waals surface area (Å²) in [6.45, 7) is -0.115. The van der Waals surface area contributed by atoms with Gasteiger partial charge in [-0.2, -0.15) is 0 Å². The van der Waals surface area contributed by atoms with E-state index in [1.54, 1.807) is 18.2 Å². The van der Waals surface area contributed by atoms with Crippen LogP contribution in [0.2, 0.25) is 0 Å². The third kappa shape index (κ3) is 3.39. The van der Waals surface area contributed by atoms with Gasteiger partial charge in [0.05, 0.1) is 5.69 Å². The molecular weight excluding hydrogens is 370 g/mol. The third-order valence-corrected chi connectivity index (χ3v) is 4.46. The van der Waals surface area contributed by atoms with E-state index in [0.29, 0.717) is 11.4 Å². The van der Waals surface area contributed by atoms with Crippen molar-refractivity contribution in [2.45, 2.75) is 0 Å². The minimum Gasteiger partial charge on any atom is -0.484 e. The number of anilines is 1. The molecule has 0 aliphatic heterocycles. The summed E-state index contributed by atoms with van der Waals surface area (Å²) in [6, 6.07) is 20.5. The average molecular weight is 385 g/mol. The Morgan fingerprint density at radius 3 is 2.79 bits per heavy atom. The van der Waals surface area contributed by atoms with E-state index in [-0.39, 0.29) is 12.5 Å². The highest BCUT2D eigenvalue weighted by Gasteiger charge is 2.09. The Morgan fingerprint density at radius 1 is 1.00 bits per heavy atom. The van der Waals surface area contributed by atoms with Crippen molar-refractivity contribution in [2.75, 3.05) is 11.9 Å². The Morgan fingerprint density at radius 2 is 1.90 bits per heavy atom. The Labute approximate surface area is 164 Å². The summed E-state index contributed by atoms with van der Waals surface area (Å²) in [7, 11) is 0. The summed E-state index contributed by atoms with van der Waals surface area (Å²) < 4.78 is 13.0. The van der Waals surface area contributed by atoms with Crippen molar-refractivity contribution in [1.82, 2.24) is 20.2 Å². The molecule has 0 fully saturated rings. The SMILES string of the molecule is O=C(COc1ccc2oc3ccccc3c2c1)Nc1cccc(-n2cnnn2)c1. The molecule has 8 nitrogen and oxygen atoms in total. The molecule has 1 amide bonds. The number of tetrazole rings is 1. The van der Waals surface area contributed by atoms with Crippen molar-refractivity contribution < 1.29 is 13.9 Å². The molecule has 0 bridgehead atoms. The first kappa shape index (κ1) is 16.9. The predicted molar refractivity (Wildman–Crippen MR) is 107 cm³/mol. The molecular formula is C21H15N5O3. The fraction of sp³-hybridized carbons (Fsp3) is 0.0476. The standard InChI is InChI=1S/C21H15N5O3/c27-21(23-14-4-3-5-15(10-14)26-13-22-24-25-26)12-28-16-8-9-20-18(11-16)17-6-1-2-7-19(17)29-20/h1-11,13H,12H2,(H,23,27). The Kier molecular flexibility index (Phi) is 4.14. The second-order valence-corrected chi connectivity index (χ2v) is 6.40. The number of fused-ring (bicyclic) bond motifs is 3. The van der Waals surface area contributed by atoms with Crippen molar-refractivity contribution in [1.29, 1.82) is 0 Å². The molecule has 29 heavy (non-hydrogen) atoms. The molecule has 0 saturated carbocycles. The van der Waals surface area contributed by atoms with Gasteiger partial charge in [-0.15, -0.1) is 5.10 Å². The van der Waals surface area contributed by atoms with E-state index in [4.69, 9.17) is 9.15 Å². The first-order valence-electron chi connectivity index (χ1n) is 8.94. The highest BCUT2D eigenvalue weighted by atomic mass is 16.5. The number of hydrogen-bond donors (Lipinski definition) is 1. The van der Waals surface area contributed by atoms with E-state index in [1.165, 1.54) is 11.0 Å². The Bertz CT molecular complexity index is 1310. The maximum absolute atomic E-state index is 12.3. The van der Waals surface area contributed by atoms with Gasteiger partial charge in [0.1, 0.15) is 23.2 Å². The molecule has 0 atom stereocenters. The zero-order valence-corrected chi connectivity index (χ0v) is 15.1. The second-order valence-electron chi connectivity index (χ2n) is 6.40. The van der Waals surface area contributed by atoms with E-state index < -0.39 is 0 Å². The maximum Gasteiger partial charge on any atom is 0.262 e. The van der Waals surface area contributed by atoms with Crippen molar-refractivity contribution >= 4 is 33.5 Å². The van der Waals surface area contributed by atoms with Crippen LogP contribution in [-0.4, -0.2) is 32.7 Å². The molecule has 1 N–H and O–H groups in total. The summed E-state index contributed by atoms with van der Waals surface area (Å²) in [4.78, 5) is 12.3. The highest BCUT2D eigenvalue weighted by molar-refractivity contribution is 6.05. The molecule has 0 unspecified atom stereocenters. The topological polar surface area (TPSA) is 95.1 Å². The molecule has 0 spiro atoms.